The average molecular weight is 344 g/mol. The molecule has 0 unspecified atom stereocenters. The number of aromatic nitrogens is 3. The molecule has 0 saturated carbocycles. The third kappa shape index (κ3) is 2.60. The quantitative estimate of drug-likeness (QED) is 0.605. The number of fused-ring (bicyclic) bond motifs is 2. The molecule has 0 bridgehead atoms. The van der Waals surface area contributed by atoms with Crippen LogP contribution in [0, 0.1) is 0 Å². The zero-order valence-corrected chi connectivity index (χ0v) is 14.0. The van der Waals surface area contributed by atoms with Crippen LogP contribution in [0.3, 0.4) is 0 Å². The van der Waals surface area contributed by atoms with Crippen LogP contribution in [0.1, 0.15) is 16.8 Å². The second kappa shape index (κ2) is 6.24. The van der Waals surface area contributed by atoms with E-state index < -0.39 is 0 Å². The molecule has 5 rings (SSSR count). The highest BCUT2D eigenvalue weighted by Crippen LogP contribution is 2.31. The molecule has 0 radical (unpaired) electrons. The van der Waals surface area contributed by atoms with Gasteiger partial charge in [0.2, 0.25) is 11.6 Å². The summed E-state index contributed by atoms with van der Waals surface area (Å²) in [5, 5.41) is 8.43. The number of anilines is 1. The van der Waals surface area contributed by atoms with Crippen LogP contribution in [0.25, 0.3) is 22.5 Å². The maximum atomic E-state index is 5.58. The Kier molecular flexibility index (Phi) is 3.61. The Morgan fingerprint density at radius 2 is 1.77 bits per heavy atom. The second-order valence-electron chi connectivity index (χ2n) is 6.18. The van der Waals surface area contributed by atoms with Crippen molar-refractivity contribution in [2.45, 2.75) is 19.8 Å². The fourth-order valence-corrected chi connectivity index (χ4v) is 3.13. The summed E-state index contributed by atoms with van der Waals surface area (Å²) in [5.74, 6) is 1.89. The van der Waals surface area contributed by atoms with Gasteiger partial charge < -0.3 is 14.6 Å². The predicted octanol–water partition coefficient (Wildman–Crippen LogP) is 3.93. The second-order valence-corrected chi connectivity index (χ2v) is 6.18. The topological polar surface area (TPSA) is 73.1 Å². The number of nitrogens with zero attached hydrogens (tertiary/aromatic N) is 3. The standard InChI is InChI=1S/C20H16N4O2/c1-2-6-13(7-3-1)10-21-19-15-11-25-12-17(15)22-20(23-19)18-14-8-4-5-9-16(14)24-26-18/h1-9H,10-12H2,(H,21,22,23). The highest BCUT2D eigenvalue weighted by Gasteiger charge is 2.23. The molecule has 6 heteroatoms. The molecule has 0 spiro atoms. The number of hydrogen-bond donors (Lipinski definition) is 1. The van der Waals surface area contributed by atoms with Gasteiger partial charge in [-0.3, -0.25) is 0 Å². The Hall–Kier alpha value is -3.25. The van der Waals surface area contributed by atoms with Crippen LogP contribution in [-0.2, 0) is 24.5 Å². The van der Waals surface area contributed by atoms with Gasteiger partial charge in [-0.25, -0.2) is 9.97 Å². The zero-order valence-electron chi connectivity index (χ0n) is 14.0. The van der Waals surface area contributed by atoms with E-state index in [4.69, 9.17) is 14.2 Å². The molecular formula is C20H16N4O2. The SMILES string of the molecule is c1ccc(CNc2nc(-c3onc4ccccc34)nc3c2COC3)cc1. The number of ether oxygens (including phenoxy) is 1. The van der Waals surface area contributed by atoms with E-state index in [-0.39, 0.29) is 0 Å². The molecule has 1 aliphatic rings. The van der Waals surface area contributed by atoms with Gasteiger partial charge >= 0.3 is 0 Å². The van der Waals surface area contributed by atoms with E-state index >= 15 is 0 Å². The minimum atomic E-state index is 0.483. The fourth-order valence-electron chi connectivity index (χ4n) is 3.13. The Morgan fingerprint density at radius 3 is 2.69 bits per heavy atom. The van der Waals surface area contributed by atoms with Crippen LogP contribution >= 0.6 is 0 Å². The van der Waals surface area contributed by atoms with Crippen molar-refractivity contribution in [2.24, 2.45) is 0 Å². The number of benzene rings is 2. The number of rotatable bonds is 4. The van der Waals surface area contributed by atoms with Crippen molar-refractivity contribution in [3.63, 3.8) is 0 Å². The zero-order chi connectivity index (χ0) is 17.3. The van der Waals surface area contributed by atoms with E-state index in [9.17, 15) is 0 Å². The molecule has 26 heavy (non-hydrogen) atoms. The number of hydrogen-bond acceptors (Lipinski definition) is 6. The van der Waals surface area contributed by atoms with Gasteiger partial charge in [0.1, 0.15) is 11.3 Å². The third-order valence-corrected chi connectivity index (χ3v) is 4.47. The first-order valence-corrected chi connectivity index (χ1v) is 8.48. The number of nitrogens with one attached hydrogen (secondary N) is 1. The molecule has 6 nitrogen and oxygen atoms in total. The molecule has 4 aromatic rings. The smallest absolute Gasteiger partial charge is 0.212 e. The Balaban J connectivity index is 1.55. The van der Waals surface area contributed by atoms with Gasteiger partial charge in [0.05, 0.1) is 24.3 Å². The van der Waals surface area contributed by atoms with E-state index in [0.29, 0.717) is 31.3 Å². The van der Waals surface area contributed by atoms with Crippen molar-refractivity contribution in [3.05, 3.63) is 71.4 Å². The van der Waals surface area contributed by atoms with E-state index in [1.165, 1.54) is 5.56 Å². The van der Waals surface area contributed by atoms with E-state index in [0.717, 1.165) is 28.0 Å². The minimum Gasteiger partial charge on any atom is -0.370 e. The summed E-state index contributed by atoms with van der Waals surface area (Å²) in [5.41, 5.74) is 3.88. The van der Waals surface area contributed by atoms with Crippen molar-refractivity contribution in [2.75, 3.05) is 5.32 Å². The van der Waals surface area contributed by atoms with Crippen molar-refractivity contribution in [3.8, 4) is 11.6 Å². The summed E-state index contributed by atoms with van der Waals surface area (Å²) in [6.45, 7) is 1.68. The molecule has 1 aliphatic heterocycles. The Bertz CT molecular complexity index is 1080. The lowest BCUT2D eigenvalue weighted by molar-refractivity contribution is 0.133. The van der Waals surface area contributed by atoms with Crippen molar-refractivity contribution < 1.29 is 9.26 Å². The van der Waals surface area contributed by atoms with Gasteiger partial charge in [-0.2, -0.15) is 0 Å². The first kappa shape index (κ1) is 15.0. The van der Waals surface area contributed by atoms with Gasteiger partial charge in [0, 0.05) is 12.1 Å². The third-order valence-electron chi connectivity index (χ3n) is 4.47. The van der Waals surface area contributed by atoms with Gasteiger partial charge in [-0.05, 0) is 17.7 Å². The minimum absolute atomic E-state index is 0.483. The molecule has 128 valence electrons. The first-order chi connectivity index (χ1) is 12.9. The first-order valence-electron chi connectivity index (χ1n) is 8.48. The van der Waals surface area contributed by atoms with Crippen LogP contribution in [0.2, 0.25) is 0 Å². The highest BCUT2D eigenvalue weighted by atomic mass is 16.5. The molecule has 1 N–H and O–H groups in total. The Morgan fingerprint density at radius 1 is 0.923 bits per heavy atom. The predicted molar refractivity (Wildman–Crippen MR) is 97.3 cm³/mol. The molecule has 0 amide bonds. The van der Waals surface area contributed by atoms with Gasteiger partial charge in [-0.1, -0.05) is 47.6 Å². The molecule has 2 aromatic carbocycles. The fraction of sp³-hybridized carbons (Fsp3) is 0.150. The molecule has 0 fully saturated rings. The lowest BCUT2D eigenvalue weighted by atomic mass is 10.2. The van der Waals surface area contributed by atoms with Crippen molar-refractivity contribution in [1.29, 1.82) is 0 Å². The van der Waals surface area contributed by atoms with Crippen LogP contribution in [0.15, 0.2) is 59.1 Å². The molecule has 2 aromatic heterocycles. The van der Waals surface area contributed by atoms with E-state index in [1.54, 1.807) is 0 Å². The summed E-state index contributed by atoms with van der Waals surface area (Å²) in [6.07, 6.45) is 0. The molecule has 0 saturated heterocycles. The maximum absolute atomic E-state index is 5.58. The summed E-state index contributed by atoms with van der Waals surface area (Å²) in [7, 11) is 0. The monoisotopic (exact) mass is 344 g/mol. The average Bonchev–Trinajstić information content (AvgIpc) is 3.33. The van der Waals surface area contributed by atoms with Gasteiger partial charge in [0.15, 0.2) is 0 Å². The van der Waals surface area contributed by atoms with Crippen molar-refractivity contribution in [1.82, 2.24) is 15.1 Å². The molecular weight excluding hydrogens is 328 g/mol. The Labute approximate surface area is 149 Å². The lowest BCUT2D eigenvalue weighted by Gasteiger charge is -2.10. The summed E-state index contributed by atoms with van der Waals surface area (Å²) >= 11 is 0. The summed E-state index contributed by atoms with van der Waals surface area (Å²) < 4.78 is 11.1. The normalized spacial score (nSPS) is 13.1. The van der Waals surface area contributed by atoms with Crippen LogP contribution in [-0.4, -0.2) is 15.1 Å². The molecule has 3 heterocycles. The van der Waals surface area contributed by atoms with E-state index in [2.05, 4.69) is 27.6 Å². The largest absolute Gasteiger partial charge is 0.370 e. The highest BCUT2D eigenvalue weighted by molar-refractivity contribution is 5.89. The van der Waals surface area contributed by atoms with Crippen LogP contribution < -0.4 is 5.32 Å². The lowest BCUT2D eigenvalue weighted by Crippen LogP contribution is -2.07. The molecule has 0 aliphatic carbocycles. The summed E-state index contributed by atoms with van der Waals surface area (Å²) in [4.78, 5) is 9.37. The van der Waals surface area contributed by atoms with Gasteiger partial charge in [0.25, 0.3) is 0 Å². The van der Waals surface area contributed by atoms with E-state index in [1.807, 2.05) is 42.5 Å². The van der Waals surface area contributed by atoms with Gasteiger partial charge in [-0.15, -0.1) is 0 Å². The maximum Gasteiger partial charge on any atom is 0.212 e. The summed E-state index contributed by atoms with van der Waals surface area (Å²) in [6, 6.07) is 18.0. The van der Waals surface area contributed by atoms with Crippen LogP contribution in [0.5, 0.6) is 0 Å². The van der Waals surface area contributed by atoms with Crippen LogP contribution in [0.4, 0.5) is 5.82 Å². The van der Waals surface area contributed by atoms with Crippen molar-refractivity contribution >= 4 is 16.7 Å². The molecule has 0 atom stereocenters.